The summed E-state index contributed by atoms with van der Waals surface area (Å²) in [7, 11) is 0. The average Bonchev–Trinajstić information content (AvgIpc) is 3.05. The van der Waals surface area contributed by atoms with Gasteiger partial charge in [-0.3, -0.25) is 0 Å². The third-order valence-electron chi connectivity index (χ3n) is 4.31. The van der Waals surface area contributed by atoms with Crippen LogP contribution in [0.2, 0.25) is 5.02 Å². The highest BCUT2D eigenvalue weighted by atomic mass is 35.5. The van der Waals surface area contributed by atoms with E-state index in [0.717, 1.165) is 35.8 Å². The summed E-state index contributed by atoms with van der Waals surface area (Å²) < 4.78 is 24.3. The molecule has 0 spiro atoms. The van der Waals surface area contributed by atoms with Gasteiger partial charge in [0.1, 0.15) is 23.8 Å². The van der Waals surface area contributed by atoms with E-state index in [1.165, 1.54) is 12.1 Å². The Bertz CT molecular complexity index is 994. The van der Waals surface area contributed by atoms with Crippen molar-refractivity contribution in [2.75, 3.05) is 0 Å². The van der Waals surface area contributed by atoms with Gasteiger partial charge >= 0.3 is 5.63 Å². The SMILES string of the molecule is O=c1oc2cc(OCc3cccc(F)c3)c(Cl)cc2c2c1CCC2. The highest BCUT2D eigenvalue weighted by Crippen LogP contribution is 2.35. The molecule has 0 saturated carbocycles. The Morgan fingerprint density at radius 2 is 2.00 bits per heavy atom. The summed E-state index contributed by atoms with van der Waals surface area (Å²) in [5.74, 6) is 0.0943. The fourth-order valence-electron chi connectivity index (χ4n) is 3.18. The molecule has 0 radical (unpaired) electrons. The molecule has 2 aromatic carbocycles. The maximum atomic E-state index is 13.2. The number of halogens is 2. The number of ether oxygens (including phenoxy) is 1. The van der Waals surface area contributed by atoms with Crippen LogP contribution < -0.4 is 10.4 Å². The van der Waals surface area contributed by atoms with Gasteiger partial charge in [-0.2, -0.15) is 0 Å². The van der Waals surface area contributed by atoms with Crippen LogP contribution in [0.4, 0.5) is 4.39 Å². The Morgan fingerprint density at radius 1 is 1.17 bits per heavy atom. The van der Waals surface area contributed by atoms with Crippen LogP contribution >= 0.6 is 11.6 Å². The van der Waals surface area contributed by atoms with Crippen LogP contribution in [0.1, 0.15) is 23.1 Å². The van der Waals surface area contributed by atoms with E-state index in [1.54, 1.807) is 24.3 Å². The second-order valence-electron chi connectivity index (χ2n) is 5.90. The topological polar surface area (TPSA) is 39.4 Å². The lowest BCUT2D eigenvalue weighted by Gasteiger charge is -2.11. The van der Waals surface area contributed by atoms with E-state index in [1.807, 2.05) is 0 Å². The molecular formula is C19H14ClFO3. The van der Waals surface area contributed by atoms with Crippen LogP contribution in [0, 0.1) is 5.82 Å². The zero-order valence-corrected chi connectivity index (χ0v) is 13.5. The molecule has 5 heteroatoms. The first kappa shape index (κ1) is 15.2. The standard InChI is InChI=1S/C19H14ClFO3/c20-16-8-15-13-5-2-6-14(13)19(22)24-17(15)9-18(16)23-10-11-3-1-4-12(21)7-11/h1,3-4,7-9H,2,5-6,10H2. The fourth-order valence-corrected chi connectivity index (χ4v) is 3.40. The Kier molecular flexibility index (Phi) is 3.77. The number of hydrogen-bond donors (Lipinski definition) is 0. The number of aryl methyl sites for hydroxylation is 1. The summed E-state index contributed by atoms with van der Waals surface area (Å²) in [6.45, 7) is 0.179. The van der Waals surface area contributed by atoms with E-state index in [-0.39, 0.29) is 18.0 Å². The fraction of sp³-hybridized carbons (Fsp3) is 0.211. The number of fused-ring (bicyclic) bond motifs is 3. The van der Waals surface area contributed by atoms with Gasteiger partial charge in [0.2, 0.25) is 0 Å². The van der Waals surface area contributed by atoms with Crippen LogP contribution in [0.15, 0.2) is 45.6 Å². The maximum absolute atomic E-state index is 13.2. The third kappa shape index (κ3) is 2.67. The van der Waals surface area contributed by atoms with Gasteiger partial charge in [0.05, 0.1) is 5.02 Å². The van der Waals surface area contributed by atoms with Crippen molar-refractivity contribution in [2.45, 2.75) is 25.9 Å². The molecule has 3 nitrogen and oxygen atoms in total. The Hall–Kier alpha value is -2.33. The van der Waals surface area contributed by atoms with Crippen molar-refractivity contribution in [3.8, 4) is 5.75 Å². The van der Waals surface area contributed by atoms with Gasteiger partial charge in [-0.05, 0) is 48.6 Å². The molecule has 24 heavy (non-hydrogen) atoms. The lowest BCUT2D eigenvalue weighted by molar-refractivity contribution is 0.305. The smallest absolute Gasteiger partial charge is 0.339 e. The van der Waals surface area contributed by atoms with Crippen molar-refractivity contribution in [1.29, 1.82) is 0 Å². The van der Waals surface area contributed by atoms with Gasteiger partial charge < -0.3 is 9.15 Å². The Morgan fingerprint density at radius 3 is 2.83 bits per heavy atom. The van der Waals surface area contributed by atoms with Gasteiger partial charge in [-0.25, -0.2) is 9.18 Å². The van der Waals surface area contributed by atoms with Crippen LogP contribution in [0.5, 0.6) is 5.75 Å². The molecule has 0 unspecified atom stereocenters. The molecule has 4 rings (SSSR count). The summed E-state index contributed by atoms with van der Waals surface area (Å²) in [6.07, 6.45) is 2.56. The van der Waals surface area contributed by atoms with E-state index < -0.39 is 0 Å². The first-order valence-corrected chi connectivity index (χ1v) is 8.15. The van der Waals surface area contributed by atoms with Gasteiger partial charge in [-0.15, -0.1) is 0 Å². The molecule has 0 aliphatic heterocycles. The normalized spacial score (nSPS) is 13.2. The molecule has 0 atom stereocenters. The first-order chi connectivity index (χ1) is 11.6. The number of hydrogen-bond acceptors (Lipinski definition) is 3. The number of rotatable bonds is 3. The molecule has 1 heterocycles. The second-order valence-corrected chi connectivity index (χ2v) is 6.30. The maximum Gasteiger partial charge on any atom is 0.339 e. The third-order valence-corrected chi connectivity index (χ3v) is 4.60. The van der Waals surface area contributed by atoms with Crippen molar-refractivity contribution in [3.05, 3.63) is 74.3 Å². The molecule has 0 bridgehead atoms. The molecule has 1 aliphatic carbocycles. The van der Waals surface area contributed by atoms with Gasteiger partial charge in [-0.1, -0.05) is 23.7 Å². The van der Waals surface area contributed by atoms with Crippen molar-refractivity contribution in [3.63, 3.8) is 0 Å². The highest BCUT2D eigenvalue weighted by molar-refractivity contribution is 6.32. The minimum Gasteiger partial charge on any atom is -0.487 e. The summed E-state index contributed by atoms with van der Waals surface area (Å²) in [6, 6.07) is 9.59. The van der Waals surface area contributed by atoms with Crippen molar-refractivity contribution in [1.82, 2.24) is 0 Å². The molecule has 0 fully saturated rings. The van der Waals surface area contributed by atoms with Crippen molar-refractivity contribution in [2.24, 2.45) is 0 Å². The summed E-state index contributed by atoms with van der Waals surface area (Å²) in [5, 5.41) is 1.31. The molecule has 1 aliphatic rings. The Balaban J connectivity index is 1.70. The van der Waals surface area contributed by atoms with Crippen LogP contribution in [-0.2, 0) is 19.4 Å². The molecule has 3 aromatic rings. The van der Waals surface area contributed by atoms with Gasteiger partial charge in [0.15, 0.2) is 0 Å². The van der Waals surface area contributed by atoms with E-state index in [4.69, 9.17) is 20.8 Å². The van der Waals surface area contributed by atoms with Gasteiger partial charge in [0.25, 0.3) is 0 Å². The first-order valence-electron chi connectivity index (χ1n) is 7.77. The van der Waals surface area contributed by atoms with Crippen LogP contribution in [-0.4, -0.2) is 0 Å². The molecule has 0 N–H and O–H groups in total. The zero-order valence-electron chi connectivity index (χ0n) is 12.8. The molecule has 1 aromatic heterocycles. The second kappa shape index (κ2) is 5.95. The minimum atomic E-state index is -0.317. The average molecular weight is 345 g/mol. The molecule has 0 amide bonds. The monoisotopic (exact) mass is 344 g/mol. The largest absolute Gasteiger partial charge is 0.487 e. The van der Waals surface area contributed by atoms with E-state index >= 15 is 0 Å². The summed E-state index contributed by atoms with van der Waals surface area (Å²) in [5.41, 5.74) is 2.67. The zero-order chi connectivity index (χ0) is 16.7. The van der Waals surface area contributed by atoms with E-state index in [9.17, 15) is 9.18 Å². The molecule has 0 saturated heterocycles. The molecule has 122 valence electrons. The van der Waals surface area contributed by atoms with Crippen LogP contribution in [0.3, 0.4) is 0 Å². The summed E-state index contributed by atoms with van der Waals surface area (Å²) >= 11 is 6.32. The lowest BCUT2D eigenvalue weighted by atomic mass is 10.1. The molecular weight excluding hydrogens is 331 g/mol. The predicted molar refractivity (Wildman–Crippen MR) is 90.3 cm³/mol. The lowest BCUT2D eigenvalue weighted by Crippen LogP contribution is -2.07. The minimum absolute atomic E-state index is 0.179. The van der Waals surface area contributed by atoms with Crippen LogP contribution in [0.25, 0.3) is 11.0 Å². The van der Waals surface area contributed by atoms with E-state index in [2.05, 4.69) is 0 Å². The van der Waals surface area contributed by atoms with Crippen molar-refractivity contribution < 1.29 is 13.5 Å². The Labute approximate surface area is 142 Å². The van der Waals surface area contributed by atoms with Crippen molar-refractivity contribution >= 4 is 22.6 Å². The predicted octanol–water partition coefficient (Wildman–Crippen LogP) is 4.65. The quantitative estimate of drug-likeness (QED) is 0.649. The highest BCUT2D eigenvalue weighted by Gasteiger charge is 2.20. The number of benzene rings is 2. The van der Waals surface area contributed by atoms with Gasteiger partial charge in [0, 0.05) is 17.0 Å². The summed E-state index contributed by atoms with van der Waals surface area (Å²) in [4.78, 5) is 12.1. The van der Waals surface area contributed by atoms with E-state index in [0.29, 0.717) is 21.9 Å².